The highest BCUT2D eigenvalue weighted by atomic mass is 16.6. The van der Waals surface area contributed by atoms with Crippen molar-refractivity contribution < 1.29 is 28.5 Å². The summed E-state index contributed by atoms with van der Waals surface area (Å²) < 4.78 is 20.2. The highest BCUT2D eigenvalue weighted by molar-refractivity contribution is 5.97. The van der Waals surface area contributed by atoms with Crippen LogP contribution < -0.4 is 14.2 Å². The van der Waals surface area contributed by atoms with Gasteiger partial charge in [-0.3, -0.25) is 0 Å². The molecule has 0 heterocycles. The minimum absolute atomic E-state index is 0.165. The Kier molecular flexibility index (Phi) is 6.97. The zero-order valence-corrected chi connectivity index (χ0v) is 14.8. The van der Waals surface area contributed by atoms with Crippen LogP contribution >= 0.6 is 0 Å². The Balaban J connectivity index is 2.01. The van der Waals surface area contributed by atoms with Gasteiger partial charge < -0.3 is 18.9 Å². The third-order valence-corrected chi connectivity index (χ3v) is 3.32. The lowest BCUT2D eigenvalue weighted by Gasteiger charge is -2.08. The number of nitrogens with zero attached hydrogens (tertiary/aromatic N) is 1. The fourth-order valence-electron chi connectivity index (χ4n) is 2.08. The summed E-state index contributed by atoms with van der Waals surface area (Å²) in [6.07, 6.45) is 1.34. The highest BCUT2D eigenvalue weighted by Gasteiger charge is 2.10. The first-order valence-corrected chi connectivity index (χ1v) is 7.83. The molecule has 7 nitrogen and oxygen atoms in total. The van der Waals surface area contributed by atoms with Crippen molar-refractivity contribution >= 4 is 18.0 Å². The molecular weight excluding hydrogens is 350 g/mol. The Bertz CT molecular complexity index is 897. The summed E-state index contributed by atoms with van der Waals surface area (Å²) >= 11 is 0. The predicted molar refractivity (Wildman–Crippen MR) is 96.2 cm³/mol. The third kappa shape index (κ3) is 5.90. The molecule has 0 N–H and O–H groups in total. The van der Waals surface area contributed by atoms with Gasteiger partial charge in [0.15, 0.2) is 6.61 Å². The van der Waals surface area contributed by atoms with Gasteiger partial charge in [-0.15, -0.1) is 0 Å². The summed E-state index contributed by atoms with van der Waals surface area (Å²) in [5.41, 5.74) is 0.346. The molecule has 0 spiro atoms. The molecule has 0 aliphatic rings. The van der Waals surface area contributed by atoms with Crippen molar-refractivity contribution in [3.05, 3.63) is 59.7 Å². The van der Waals surface area contributed by atoms with Crippen LogP contribution in [0.2, 0.25) is 0 Å². The molecule has 0 radical (unpaired) electrons. The second kappa shape index (κ2) is 9.63. The molecule has 0 amide bonds. The fourth-order valence-corrected chi connectivity index (χ4v) is 2.08. The van der Waals surface area contributed by atoms with Gasteiger partial charge in [-0.1, -0.05) is 18.2 Å². The van der Waals surface area contributed by atoms with E-state index in [-0.39, 0.29) is 17.9 Å². The van der Waals surface area contributed by atoms with Gasteiger partial charge in [0.1, 0.15) is 28.9 Å². The Hall–Kier alpha value is -3.79. The monoisotopic (exact) mass is 367 g/mol. The minimum atomic E-state index is -0.744. The molecule has 0 unspecified atom stereocenters. The number of esters is 2. The van der Waals surface area contributed by atoms with Crippen LogP contribution in [0.15, 0.2) is 54.1 Å². The van der Waals surface area contributed by atoms with Crippen LogP contribution in [-0.4, -0.2) is 32.8 Å². The number of hydrogen-bond acceptors (Lipinski definition) is 7. The molecule has 2 aromatic carbocycles. The second-order valence-electron chi connectivity index (χ2n) is 5.18. The SMILES string of the molecule is COC(=O)/C(C#N)=C/c1cccc(OC(=O)COc2cccc(OC)c2)c1. The molecule has 0 saturated heterocycles. The van der Waals surface area contributed by atoms with Crippen LogP contribution in [-0.2, 0) is 14.3 Å². The van der Waals surface area contributed by atoms with Crippen LogP contribution in [0.25, 0.3) is 6.08 Å². The summed E-state index contributed by atoms with van der Waals surface area (Å²) in [5.74, 6) is -0.0110. The normalized spacial score (nSPS) is 10.5. The van der Waals surface area contributed by atoms with E-state index in [0.29, 0.717) is 17.1 Å². The topological polar surface area (TPSA) is 94.9 Å². The zero-order chi connectivity index (χ0) is 19.6. The molecule has 138 valence electrons. The van der Waals surface area contributed by atoms with E-state index in [9.17, 15) is 9.59 Å². The highest BCUT2D eigenvalue weighted by Crippen LogP contribution is 2.19. The van der Waals surface area contributed by atoms with Gasteiger partial charge in [-0.25, -0.2) is 9.59 Å². The van der Waals surface area contributed by atoms with E-state index in [0.717, 1.165) is 0 Å². The number of carbonyl (C=O) groups is 2. The van der Waals surface area contributed by atoms with E-state index in [1.807, 2.05) is 0 Å². The first-order chi connectivity index (χ1) is 13.0. The zero-order valence-electron chi connectivity index (χ0n) is 14.8. The number of rotatable bonds is 7. The molecule has 0 bridgehead atoms. The molecule has 0 fully saturated rings. The number of nitriles is 1. The summed E-state index contributed by atoms with van der Waals surface area (Å²) in [7, 11) is 2.72. The van der Waals surface area contributed by atoms with Gasteiger partial charge >= 0.3 is 11.9 Å². The standard InChI is InChI=1S/C20H17NO6/c1-24-16-6-4-7-17(11-16)26-13-19(22)27-18-8-3-5-14(10-18)9-15(12-21)20(23)25-2/h3-11H,13H2,1-2H3/b15-9+. The molecule has 7 heteroatoms. The molecule has 27 heavy (non-hydrogen) atoms. The maximum Gasteiger partial charge on any atom is 0.349 e. The maximum atomic E-state index is 12.0. The molecule has 0 aromatic heterocycles. The van der Waals surface area contributed by atoms with Gasteiger partial charge in [0.25, 0.3) is 0 Å². The van der Waals surface area contributed by atoms with Crippen molar-refractivity contribution in [3.8, 4) is 23.3 Å². The molecule has 0 aliphatic heterocycles. The van der Waals surface area contributed by atoms with E-state index in [1.54, 1.807) is 48.5 Å². The quantitative estimate of drug-likeness (QED) is 0.321. The molecule has 0 saturated carbocycles. The molecule has 0 aliphatic carbocycles. The molecule has 2 aromatic rings. The van der Waals surface area contributed by atoms with E-state index in [4.69, 9.17) is 19.5 Å². The van der Waals surface area contributed by atoms with Crippen LogP contribution in [0, 0.1) is 11.3 Å². The van der Waals surface area contributed by atoms with Crippen molar-refractivity contribution in [2.45, 2.75) is 0 Å². The van der Waals surface area contributed by atoms with Gasteiger partial charge in [0, 0.05) is 6.07 Å². The third-order valence-electron chi connectivity index (χ3n) is 3.32. The van der Waals surface area contributed by atoms with Gasteiger partial charge in [-0.2, -0.15) is 5.26 Å². The van der Waals surface area contributed by atoms with Gasteiger partial charge in [0.05, 0.1) is 14.2 Å². The van der Waals surface area contributed by atoms with Crippen LogP contribution in [0.4, 0.5) is 0 Å². The molecular formula is C20H17NO6. The van der Waals surface area contributed by atoms with Crippen LogP contribution in [0.1, 0.15) is 5.56 Å². The molecule has 0 atom stereocenters. The maximum absolute atomic E-state index is 12.0. The van der Waals surface area contributed by atoms with Crippen molar-refractivity contribution in [1.82, 2.24) is 0 Å². The lowest BCUT2D eigenvalue weighted by atomic mass is 10.1. The lowest BCUT2D eigenvalue weighted by Crippen LogP contribution is -2.17. The Morgan fingerprint density at radius 2 is 1.74 bits per heavy atom. The molecule has 2 rings (SSSR count). The van der Waals surface area contributed by atoms with Crippen molar-refractivity contribution in [3.63, 3.8) is 0 Å². The second-order valence-corrected chi connectivity index (χ2v) is 5.18. The smallest absolute Gasteiger partial charge is 0.349 e. The Morgan fingerprint density at radius 3 is 2.44 bits per heavy atom. The Morgan fingerprint density at radius 1 is 1.04 bits per heavy atom. The van der Waals surface area contributed by atoms with Crippen molar-refractivity contribution in [2.24, 2.45) is 0 Å². The summed E-state index contributed by atoms with van der Waals surface area (Å²) in [6, 6.07) is 15.0. The summed E-state index contributed by atoms with van der Waals surface area (Å²) in [4.78, 5) is 23.4. The predicted octanol–water partition coefficient (Wildman–Crippen LogP) is 2.76. The fraction of sp³-hybridized carbons (Fsp3) is 0.150. The van der Waals surface area contributed by atoms with Crippen molar-refractivity contribution in [2.75, 3.05) is 20.8 Å². The average molecular weight is 367 g/mol. The minimum Gasteiger partial charge on any atom is -0.497 e. The number of hydrogen-bond donors (Lipinski definition) is 0. The average Bonchev–Trinajstić information content (AvgIpc) is 2.70. The first-order valence-electron chi connectivity index (χ1n) is 7.83. The van der Waals surface area contributed by atoms with Gasteiger partial charge in [0.2, 0.25) is 0 Å². The van der Waals surface area contributed by atoms with Crippen molar-refractivity contribution in [1.29, 1.82) is 5.26 Å². The lowest BCUT2D eigenvalue weighted by molar-refractivity contribution is -0.137. The van der Waals surface area contributed by atoms with E-state index >= 15 is 0 Å². The van der Waals surface area contributed by atoms with E-state index in [1.165, 1.54) is 26.4 Å². The number of ether oxygens (including phenoxy) is 4. The van der Waals surface area contributed by atoms with Crippen LogP contribution in [0.5, 0.6) is 17.2 Å². The van der Waals surface area contributed by atoms with E-state index < -0.39 is 11.9 Å². The summed E-state index contributed by atoms with van der Waals surface area (Å²) in [6.45, 7) is -0.293. The van der Waals surface area contributed by atoms with Crippen LogP contribution in [0.3, 0.4) is 0 Å². The number of carbonyl (C=O) groups excluding carboxylic acids is 2. The summed E-state index contributed by atoms with van der Waals surface area (Å²) in [5, 5.41) is 8.99. The Labute approximate surface area is 156 Å². The van der Waals surface area contributed by atoms with E-state index in [2.05, 4.69) is 4.74 Å². The number of methoxy groups -OCH3 is 2. The largest absolute Gasteiger partial charge is 0.497 e. The van der Waals surface area contributed by atoms with Gasteiger partial charge in [-0.05, 0) is 35.9 Å². The first kappa shape index (κ1) is 19.5. The number of benzene rings is 2.